The number of H-pyrrole nitrogens is 2. The van der Waals surface area contributed by atoms with Gasteiger partial charge < -0.3 is 0 Å². The number of hydrogen-bond acceptors (Lipinski definition) is 5. The molecule has 0 spiro atoms. The van der Waals surface area contributed by atoms with Crippen molar-refractivity contribution in [1.82, 2.24) is 25.6 Å². The fraction of sp³-hybridized carbons (Fsp3) is 0.333. The van der Waals surface area contributed by atoms with Gasteiger partial charge in [-0.2, -0.15) is 5.21 Å². The number of thiophene rings is 1. The quantitative estimate of drug-likeness (QED) is 0.162. The first-order valence-electron chi connectivity index (χ1n) is 20.7. The molecular weight excluding hydrogens is 797 g/mol. The van der Waals surface area contributed by atoms with Crippen LogP contribution in [0.25, 0.3) is 16.2 Å². The Morgan fingerprint density at radius 2 is 1.21 bits per heavy atom. The van der Waals surface area contributed by atoms with Crippen molar-refractivity contribution in [3.05, 3.63) is 189 Å². The van der Waals surface area contributed by atoms with E-state index in [2.05, 4.69) is 153 Å². The van der Waals surface area contributed by atoms with Crippen LogP contribution in [0.15, 0.2) is 139 Å². The third kappa shape index (κ3) is 22.0. The number of tetrazole rings is 1. The maximum absolute atomic E-state index is 12.4. The van der Waals surface area contributed by atoms with E-state index in [4.69, 9.17) is 6.57 Å². The molecule has 0 saturated heterocycles. The first kappa shape index (κ1) is 53.5. The van der Waals surface area contributed by atoms with Crippen LogP contribution in [-0.2, 0) is 6.42 Å². The molecule has 0 atom stereocenters. The predicted molar refractivity (Wildman–Crippen MR) is 257 cm³/mol. The number of nitrogens with zero attached hydrogens (tertiary/aromatic N) is 5. The van der Waals surface area contributed by atoms with Gasteiger partial charge in [-0.05, 0) is 99.2 Å². The summed E-state index contributed by atoms with van der Waals surface area (Å²) in [5, 5.41) is 15.8. The number of aromatic nitrogens is 6. The monoisotopic (exact) mass is 862 g/mol. The van der Waals surface area contributed by atoms with Gasteiger partial charge in [-0.25, -0.2) is 14.2 Å². The summed E-state index contributed by atoms with van der Waals surface area (Å²) in [6.45, 7) is 30.4. The van der Waals surface area contributed by atoms with Gasteiger partial charge in [0.05, 0.1) is 6.57 Å². The van der Waals surface area contributed by atoms with Crippen LogP contribution in [0.2, 0.25) is 0 Å². The molecule has 61 heavy (non-hydrogen) atoms. The molecule has 0 bridgehead atoms. The van der Waals surface area contributed by atoms with E-state index in [9.17, 15) is 4.39 Å². The minimum Gasteiger partial charge on any atom is -0.261 e. The van der Waals surface area contributed by atoms with Crippen LogP contribution in [-0.4, -0.2) is 25.6 Å². The zero-order valence-corrected chi connectivity index (χ0v) is 39.4. The van der Waals surface area contributed by atoms with Gasteiger partial charge >= 0.3 is 0 Å². The molecule has 7 aromatic rings. The molecule has 0 aliphatic carbocycles. The molecule has 0 saturated carbocycles. The van der Waals surface area contributed by atoms with Crippen LogP contribution in [0.5, 0.6) is 0 Å². The van der Waals surface area contributed by atoms with Crippen LogP contribution in [0.4, 0.5) is 10.1 Å². The summed E-state index contributed by atoms with van der Waals surface area (Å²) in [7, 11) is 0. The highest BCUT2D eigenvalue weighted by Crippen LogP contribution is 2.20. The van der Waals surface area contributed by atoms with Gasteiger partial charge in [0.15, 0.2) is 18.1 Å². The normalized spacial score (nSPS) is 9.97. The van der Waals surface area contributed by atoms with Crippen molar-refractivity contribution in [3.63, 3.8) is 0 Å². The van der Waals surface area contributed by atoms with Crippen LogP contribution in [0, 0.1) is 12.4 Å². The summed E-state index contributed by atoms with van der Waals surface area (Å²) < 4.78 is 12.4. The molecular formula is C51H66ClFN7S+. The summed E-state index contributed by atoms with van der Waals surface area (Å²) >= 11 is 1.83. The van der Waals surface area contributed by atoms with Crippen molar-refractivity contribution < 1.29 is 9.37 Å². The number of pyridine rings is 2. The highest BCUT2D eigenvalue weighted by Gasteiger charge is 2.02. The standard InChI is InChI=1S/C10H11N.C9H11F.C9H10N4.2C8H11N.C7H10S.ClH/c1-8(2)9-4-6-10(11-3)7-5-9;1-7(2)8-3-5-9(10)6-4-8;1-2-7-3-5-8(6-4-7)9-10-12-13-11-9;1-7(2)8-3-5-9-6-4-8;1-7(2)8-5-3-4-6-9-8;1-6(2)7-4-3-5-8-7;/h4-8H,1-2H3;3-7H,1-2H3;3-6H,2H2,1H3,(H,10,11,12,13);2*3-7H,1-2H3;3-6H,1-2H3;1H/p+1. The molecule has 3 aromatic carbocycles. The molecule has 0 unspecified atom stereocenters. The Kier molecular flexibility index (Phi) is 26.7. The number of hydrogen-bond donors (Lipinski definition) is 1. The second-order valence-corrected chi connectivity index (χ2v) is 16.4. The summed E-state index contributed by atoms with van der Waals surface area (Å²) in [4.78, 5) is 12.0. The van der Waals surface area contributed by atoms with Gasteiger partial charge in [0.1, 0.15) is 5.82 Å². The molecule has 7 nitrogen and oxygen atoms in total. The molecule has 324 valence electrons. The van der Waals surface area contributed by atoms with E-state index in [0.717, 1.165) is 23.4 Å². The molecule has 0 amide bonds. The van der Waals surface area contributed by atoms with Crippen molar-refractivity contribution in [2.75, 3.05) is 0 Å². The summed E-state index contributed by atoms with van der Waals surface area (Å²) in [6, 6.07) is 37.0. The van der Waals surface area contributed by atoms with Gasteiger partial charge in [-0.1, -0.05) is 149 Å². The third-order valence-corrected chi connectivity index (χ3v) is 10.2. The zero-order valence-electron chi connectivity index (χ0n) is 37.8. The first-order valence-corrected chi connectivity index (χ1v) is 21.6. The van der Waals surface area contributed by atoms with E-state index < -0.39 is 0 Å². The van der Waals surface area contributed by atoms with Gasteiger partial charge in [0.2, 0.25) is 5.82 Å². The Balaban J connectivity index is 0.000000367. The highest BCUT2D eigenvalue weighted by atomic mass is 35.5. The van der Waals surface area contributed by atoms with E-state index >= 15 is 0 Å². The van der Waals surface area contributed by atoms with Crippen molar-refractivity contribution in [3.8, 4) is 11.4 Å². The van der Waals surface area contributed by atoms with Crippen molar-refractivity contribution in [2.45, 2.75) is 112 Å². The van der Waals surface area contributed by atoms with Crippen LogP contribution in [0.1, 0.15) is 139 Å². The fourth-order valence-corrected chi connectivity index (χ4v) is 5.82. The van der Waals surface area contributed by atoms with Gasteiger partial charge in [-0.15, -0.1) is 33.9 Å². The molecule has 0 aliphatic heterocycles. The molecule has 2 N–H and O–H groups in total. The molecule has 4 aromatic heterocycles. The van der Waals surface area contributed by atoms with Gasteiger partial charge in [-0.3, -0.25) is 4.98 Å². The first-order chi connectivity index (χ1) is 28.7. The fourth-order valence-electron chi connectivity index (χ4n) is 5.08. The summed E-state index contributed by atoms with van der Waals surface area (Å²) in [5.41, 5.74) is 8.04. The van der Waals surface area contributed by atoms with Gasteiger partial charge in [0, 0.05) is 34.5 Å². The Labute approximate surface area is 375 Å². The van der Waals surface area contributed by atoms with Crippen LogP contribution in [0.3, 0.4) is 0 Å². The minimum absolute atomic E-state index is 0. The average Bonchev–Trinajstić information content (AvgIpc) is 4.03. The minimum atomic E-state index is -0.163. The number of benzene rings is 3. The van der Waals surface area contributed by atoms with E-state index in [1.807, 2.05) is 96.7 Å². The van der Waals surface area contributed by atoms with Crippen LogP contribution < -0.4 is 4.98 Å². The third-order valence-electron chi connectivity index (χ3n) is 8.99. The smallest absolute Gasteiger partial charge is 0.204 e. The Hall–Kier alpha value is -5.56. The van der Waals surface area contributed by atoms with E-state index in [-0.39, 0.29) is 18.2 Å². The molecule has 7 rings (SSSR count). The number of halogens is 2. The molecule has 0 fully saturated rings. The predicted octanol–water partition coefficient (Wildman–Crippen LogP) is 14.9. The lowest BCUT2D eigenvalue weighted by atomic mass is 10.0. The number of nitrogens with one attached hydrogen (secondary N) is 2. The maximum Gasteiger partial charge on any atom is 0.204 e. The second-order valence-electron chi connectivity index (χ2n) is 15.4. The zero-order chi connectivity index (χ0) is 44.3. The number of aromatic amines is 2. The summed E-state index contributed by atoms with van der Waals surface area (Å²) in [5.74, 6) is 3.41. The molecule has 0 aliphatic rings. The summed E-state index contributed by atoms with van der Waals surface area (Å²) in [6.07, 6.45) is 6.78. The SMILES string of the molecule is CC(C)c1cc[nH+]cc1.CC(C)c1ccc(F)cc1.CC(C)c1ccccn1.CC(C)c1cccs1.CCc1ccc(-c2nn[nH]n2)cc1.Cl.[C-]#[N+]c1ccc(C(C)C)cc1. The topological polar surface area (TPSA) is 85.8 Å². The highest BCUT2D eigenvalue weighted by molar-refractivity contribution is 7.10. The molecule has 4 heterocycles. The lowest BCUT2D eigenvalue weighted by Gasteiger charge is -2.03. The molecule has 0 radical (unpaired) electrons. The Bertz CT molecular complexity index is 2070. The van der Waals surface area contributed by atoms with E-state index in [1.54, 1.807) is 0 Å². The van der Waals surface area contributed by atoms with Crippen molar-refractivity contribution >= 4 is 29.4 Å². The molecule has 10 heteroatoms. The largest absolute Gasteiger partial charge is 0.261 e. The second kappa shape index (κ2) is 30.5. The van der Waals surface area contributed by atoms with Crippen LogP contribution >= 0.6 is 23.7 Å². The van der Waals surface area contributed by atoms with Crippen molar-refractivity contribution in [1.29, 1.82) is 0 Å². The van der Waals surface area contributed by atoms with Gasteiger partial charge in [0.25, 0.3) is 0 Å². The maximum atomic E-state index is 12.4. The number of aryl methyl sites for hydroxylation is 1. The Morgan fingerprint density at radius 3 is 1.57 bits per heavy atom. The number of rotatable bonds is 7. The lowest BCUT2D eigenvalue weighted by Crippen LogP contribution is -1.99. The van der Waals surface area contributed by atoms with E-state index in [0.29, 0.717) is 35.4 Å². The lowest BCUT2D eigenvalue weighted by molar-refractivity contribution is -0.378. The van der Waals surface area contributed by atoms with Crippen molar-refractivity contribution in [2.24, 2.45) is 0 Å². The average molecular weight is 864 g/mol. The van der Waals surface area contributed by atoms with E-state index in [1.165, 1.54) is 39.3 Å². The Morgan fingerprint density at radius 1 is 0.656 bits per heavy atom.